The third kappa shape index (κ3) is 1.82. The molecule has 0 saturated carbocycles. The van der Waals surface area contributed by atoms with Gasteiger partial charge in [-0.05, 0) is 44.6 Å². The highest BCUT2D eigenvalue weighted by Gasteiger charge is 2.38. The fourth-order valence-corrected chi connectivity index (χ4v) is 3.40. The summed E-state index contributed by atoms with van der Waals surface area (Å²) in [5.74, 6) is 0.575. The lowest BCUT2D eigenvalue weighted by atomic mass is 9.85. The number of hydrogen-bond acceptors (Lipinski definition) is 2. The molecule has 3 atom stereocenters. The molecule has 0 aromatic carbocycles. The third-order valence-electron chi connectivity index (χ3n) is 4.08. The number of rotatable bonds is 3. The van der Waals surface area contributed by atoms with E-state index in [1.165, 1.54) is 45.1 Å². The van der Waals surface area contributed by atoms with Crippen LogP contribution >= 0.6 is 0 Å². The Kier molecular flexibility index (Phi) is 3.45. The minimum Gasteiger partial charge on any atom is -0.396 e. The van der Waals surface area contributed by atoms with Crippen molar-refractivity contribution in [3.8, 4) is 0 Å². The molecular weight excluding hydrogens is 174 g/mol. The molecular formula is C12H23NO. The van der Waals surface area contributed by atoms with Gasteiger partial charge in [-0.2, -0.15) is 0 Å². The second-order valence-electron chi connectivity index (χ2n) is 4.91. The Labute approximate surface area is 87.3 Å². The van der Waals surface area contributed by atoms with Crippen LogP contribution in [0.3, 0.4) is 0 Å². The number of hydrogen-bond donors (Lipinski definition) is 1. The summed E-state index contributed by atoms with van der Waals surface area (Å²) < 4.78 is 0. The van der Waals surface area contributed by atoms with Crippen molar-refractivity contribution in [1.29, 1.82) is 0 Å². The van der Waals surface area contributed by atoms with Crippen molar-refractivity contribution in [3.05, 3.63) is 0 Å². The molecule has 0 bridgehead atoms. The number of aliphatic hydroxyl groups is 1. The van der Waals surface area contributed by atoms with Crippen LogP contribution in [0.2, 0.25) is 0 Å². The van der Waals surface area contributed by atoms with Crippen LogP contribution < -0.4 is 0 Å². The van der Waals surface area contributed by atoms with Gasteiger partial charge in [0.1, 0.15) is 0 Å². The van der Waals surface area contributed by atoms with Crippen LogP contribution in [0.1, 0.15) is 45.4 Å². The maximum absolute atomic E-state index is 9.33. The molecule has 2 heteroatoms. The van der Waals surface area contributed by atoms with Gasteiger partial charge in [0.15, 0.2) is 0 Å². The van der Waals surface area contributed by atoms with E-state index in [1.54, 1.807) is 0 Å². The quantitative estimate of drug-likeness (QED) is 0.748. The molecule has 2 nitrogen and oxygen atoms in total. The predicted molar refractivity (Wildman–Crippen MR) is 58.2 cm³/mol. The summed E-state index contributed by atoms with van der Waals surface area (Å²) >= 11 is 0. The molecule has 0 spiro atoms. The van der Waals surface area contributed by atoms with Gasteiger partial charge < -0.3 is 5.11 Å². The lowest BCUT2D eigenvalue weighted by Crippen LogP contribution is -2.48. The van der Waals surface area contributed by atoms with Gasteiger partial charge in [-0.25, -0.2) is 0 Å². The van der Waals surface area contributed by atoms with Crippen LogP contribution in [0.4, 0.5) is 0 Å². The zero-order valence-corrected chi connectivity index (χ0v) is 9.28. The summed E-state index contributed by atoms with van der Waals surface area (Å²) in [5, 5.41) is 9.33. The Morgan fingerprint density at radius 3 is 2.86 bits per heavy atom. The van der Waals surface area contributed by atoms with Crippen molar-refractivity contribution < 1.29 is 5.11 Å². The van der Waals surface area contributed by atoms with Crippen LogP contribution in [0, 0.1) is 5.92 Å². The maximum atomic E-state index is 9.33. The molecule has 1 N–H and O–H groups in total. The Morgan fingerprint density at radius 1 is 1.29 bits per heavy atom. The highest BCUT2D eigenvalue weighted by Crippen LogP contribution is 2.36. The van der Waals surface area contributed by atoms with Crippen molar-refractivity contribution in [1.82, 2.24) is 4.90 Å². The molecule has 2 aliphatic heterocycles. The van der Waals surface area contributed by atoms with E-state index in [1.807, 2.05) is 0 Å². The zero-order chi connectivity index (χ0) is 9.97. The Hall–Kier alpha value is -0.0800. The summed E-state index contributed by atoms with van der Waals surface area (Å²) in [6, 6.07) is 1.54. The fraction of sp³-hybridized carbons (Fsp3) is 1.00. The Bertz CT molecular complexity index is 183. The molecule has 82 valence electrons. The van der Waals surface area contributed by atoms with E-state index in [-0.39, 0.29) is 0 Å². The highest BCUT2D eigenvalue weighted by molar-refractivity contribution is 4.93. The van der Waals surface area contributed by atoms with E-state index in [4.69, 9.17) is 0 Å². The first-order valence-electron chi connectivity index (χ1n) is 6.23. The number of piperidine rings is 1. The summed E-state index contributed by atoms with van der Waals surface area (Å²) in [6.45, 7) is 3.97. The average Bonchev–Trinajstić information content (AvgIpc) is 2.67. The van der Waals surface area contributed by atoms with Crippen LogP contribution in [0.5, 0.6) is 0 Å². The van der Waals surface area contributed by atoms with Crippen molar-refractivity contribution in [2.45, 2.75) is 57.5 Å². The second kappa shape index (κ2) is 4.63. The summed E-state index contributed by atoms with van der Waals surface area (Å²) in [6.07, 6.45) is 7.90. The maximum Gasteiger partial charge on any atom is 0.0474 e. The number of nitrogens with zero attached hydrogens (tertiary/aromatic N) is 1. The van der Waals surface area contributed by atoms with Gasteiger partial charge in [0.25, 0.3) is 0 Å². The average molecular weight is 197 g/mol. The van der Waals surface area contributed by atoms with Gasteiger partial charge in [-0.1, -0.05) is 13.3 Å². The molecule has 0 radical (unpaired) electrons. The molecule has 2 saturated heterocycles. The van der Waals surface area contributed by atoms with Crippen molar-refractivity contribution >= 4 is 0 Å². The minimum absolute atomic E-state index is 0.403. The van der Waals surface area contributed by atoms with E-state index >= 15 is 0 Å². The summed E-state index contributed by atoms with van der Waals surface area (Å²) in [4.78, 5) is 2.69. The molecule has 2 heterocycles. The van der Waals surface area contributed by atoms with Gasteiger partial charge >= 0.3 is 0 Å². The molecule has 0 unspecified atom stereocenters. The normalized spacial score (nSPS) is 38.6. The molecule has 0 aliphatic carbocycles. The molecule has 0 aromatic rings. The van der Waals surface area contributed by atoms with Crippen LogP contribution in [-0.4, -0.2) is 35.2 Å². The molecule has 0 aromatic heterocycles. The molecule has 2 rings (SSSR count). The summed E-state index contributed by atoms with van der Waals surface area (Å²) in [5.41, 5.74) is 0. The van der Waals surface area contributed by atoms with Crippen molar-refractivity contribution in [2.24, 2.45) is 5.92 Å². The monoisotopic (exact) mass is 197 g/mol. The van der Waals surface area contributed by atoms with E-state index in [9.17, 15) is 5.11 Å². The SMILES string of the molecule is CCC[C@H]1CC[C@@H](CO)[C@H]2CCCN12. The number of fused-ring (bicyclic) bond motifs is 1. The van der Waals surface area contributed by atoms with Crippen LogP contribution in [0.25, 0.3) is 0 Å². The Morgan fingerprint density at radius 2 is 2.14 bits per heavy atom. The van der Waals surface area contributed by atoms with E-state index < -0.39 is 0 Å². The minimum atomic E-state index is 0.403. The first kappa shape index (κ1) is 10.4. The van der Waals surface area contributed by atoms with Gasteiger partial charge in [0, 0.05) is 18.7 Å². The van der Waals surface area contributed by atoms with Gasteiger partial charge in [0.2, 0.25) is 0 Å². The lowest BCUT2D eigenvalue weighted by molar-refractivity contribution is 0.0396. The first-order valence-corrected chi connectivity index (χ1v) is 6.23. The zero-order valence-electron chi connectivity index (χ0n) is 9.28. The smallest absolute Gasteiger partial charge is 0.0474 e. The van der Waals surface area contributed by atoms with Crippen LogP contribution in [-0.2, 0) is 0 Å². The van der Waals surface area contributed by atoms with E-state index in [0.717, 1.165) is 6.04 Å². The number of aliphatic hydroxyl groups excluding tert-OH is 1. The molecule has 2 aliphatic rings. The molecule has 14 heavy (non-hydrogen) atoms. The second-order valence-corrected chi connectivity index (χ2v) is 4.91. The van der Waals surface area contributed by atoms with Crippen molar-refractivity contribution in [3.63, 3.8) is 0 Å². The summed E-state index contributed by atoms with van der Waals surface area (Å²) in [7, 11) is 0. The van der Waals surface area contributed by atoms with E-state index in [0.29, 0.717) is 18.6 Å². The van der Waals surface area contributed by atoms with Gasteiger partial charge in [-0.3, -0.25) is 4.90 Å². The van der Waals surface area contributed by atoms with Gasteiger partial charge in [0.05, 0.1) is 0 Å². The fourth-order valence-electron chi connectivity index (χ4n) is 3.40. The Balaban J connectivity index is 1.99. The molecule has 2 fully saturated rings. The molecule has 0 amide bonds. The van der Waals surface area contributed by atoms with Crippen LogP contribution in [0.15, 0.2) is 0 Å². The van der Waals surface area contributed by atoms with Gasteiger partial charge in [-0.15, -0.1) is 0 Å². The highest BCUT2D eigenvalue weighted by atomic mass is 16.3. The first-order chi connectivity index (χ1) is 6.86. The predicted octanol–water partition coefficient (Wildman–Crippen LogP) is 2.02. The largest absolute Gasteiger partial charge is 0.396 e. The standard InChI is InChI=1S/C12H23NO/c1-2-4-11-7-6-10(9-14)12-5-3-8-13(11)12/h10-12,14H,2-9H2,1H3/t10-,11-,12+/m0/s1. The topological polar surface area (TPSA) is 23.5 Å². The third-order valence-corrected chi connectivity index (χ3v) is 4.08. The van der Waals surface area contributed by atoms with E-state index in [2.05, 4.69) is 11.8 Å². The van der Waals surface area contributed by atoms with Crippen molar-refractivity contribution in [2.75, 3.05) is 13.2 Å². The lowest BCUT2D eigenvalue weighted by Gasteiger charge is -2.42.